The van der Waals surface area contributed by atoms with E-state index in [0.29, 0.717) is 23.3 Å². The molecule has 0 saturated heterocycles. The molecule has 1 heterocycles. The van der Waals surface area contributed by atoms with E-state index < -0.39 is 0 Å². The summed E-state index contributed by atoms with van der Waals surface area (Å²) in [5.74, 6) is 1.77. The average Bonchev–Trinajstić information content (AvgIpc) is 2.61. The third kappa shape index (κ3) is 4.11. The van der Waals surface area contributed by atoms with Gasteiger partial charge in [0.1, 0.15) is 5.75 Å². The fourth-order valence-corrected chi connectivity index (χ4v) is 2.31. The smallest absolute Gasteiger partial charge is 0.244 e. The zero-order chi connectivity index (χ0) is 16.8. The molecule has 6 nitrogen and oxygen atoms in total. The van der Waals surface area contributed by atoms with Crippen molar-refractivity contribution in [1.29, 1.82) is 0 Å². The zero-order valence-corrected chi connectivity index (χ0v) is 13.8. The number of methoxy groups -OCH3 is 1. The normalized spacial score (nSPS) is 10.2. The van der Waals surface area contributed by atoms with Gasteiger partial charge in [0.15, 0.2) is 5.82 Å². The number of ether oxygens (including phenoxy) is 1. The first kappa shape index (κ1) is 16.0. The minimum Gasteiger partial charge on any atom is -0.497 e. The lowest BCUT2D eigenvalue weighted by atomic mass is 10.2. The van der Waals surface area contributed by atoms with Crippen LogP contribution in [0, 0.1) is 0 Å². The van der Waals surface area contributed by atoms with Gasteiger partial charge in [-0.25, -0.2) is 0 Å². The number of hydrogen-bond donors (Lipinski definition) is 2. The van der Waals surface area contributed by atoms with Crippen LogP contribution in [0.5, 0.6) is 5.75 Å². The largest absolute Gasteiger partial charge is 0.497 e. The van der Waals surface area contributed by atoms with Crippen molar-refractivity contribution in [2.24, 2.45) is 0 Å². The van der Waals surface area contributed by atoms with E-state index in [0.717, 1.165) is 17.0 Å². The van der Waals surface area contributed by atoms with Crippen molar-refractivity contribution in [3.63, 3.8) is 0 Å². The minimum absolute atomic E-state index is 0.419. The van der Waals surface area contributed by atoms with Gasteiger partial charge in [-0.15, -0.1) is 5.10 Å². The third-order valence-corrected chi connectivity index (χ3v) is 3.66. The summed E-state index contributed by atoms with van der Waals surface area (Å²) in [7, 11) is 1.63. The summed E-state index contributed by atoms with van der Waals surface area (Å²) in [6, 6.07) is 15.2. The number of aromatic nitrogens is 3. The maximum atomic E-state index is 6.14. The highest BCUT2D eigenvalue weighted by Crippen LogP contribution is 2.20. The molecule has 0 bridgehead atoms. The molecule has 0 aliphatic heterocycles. The van der Waals surface area contributed by atoms with Gasteiger partial charge < -0.3 is 15.4 Å². The standard InChI is InChI=1S/C17H16ClN5O/c1-24-14-7-4-6-13(9-14)21-16-11-20-23-17(22-16)19-10-12-5-2-3-8-15(12)18/h2-9,11H,10H2,1H3,(H2,19,21,22,23). The van der Waals surface area contributed by atoms with Crippen molar-refractivity contribution in [3.8, 4) is 5.75 Å². The van der Waals surface area contributed by atoms with Gasteiger partial charge in [-0.3, -0.25) is 0 Å². The first-order chi connectivity index (χ1) is 11.7. The highest BCUT2D eigenvalue weighted by molar-refractivity contribution is 6.31. The molecule has 0 aliphatic rings. The Morgan fingerprint density at radius 1 is 1.12 bits per heavy atom. The van der Waals surface area contributed by atoms with Crippen LogP contribution in [-0.2, 0) is 6.54 Å². The molecule has 7 heteroatoms. The fraction of sp³-hybridized carbons (Fsp3) is 0.118. The minimum atomic E-state index is 0.419. The molecule has 0 spiro atoms. The van der Waals surface area contributed by atoms with Gasteiger partial charge in [0.05, 0.1) is 13.3 Å². The quantitative estimate of drug-likeness (QED) is 0.708. The van der Waals surface area contributed by atoms with Gasteiger partial charge in [0.2, 0.25) is 5.95 Å². The lowest BCUT2D eigenvalue weighted by molar-refractivity contribution is 0.415. The summed E-state index contributed by atoms with van der Waals surface area (Å²) in [5.41, 5.74) is 1.82. The zero-order valence-electron chi connectivity index (χ0n) is 13.0. The predicted molar refractivity (Wildman–Crippen MR) is 94.9 cm³/mol. The third-order valence-electron chi connectivity index (χ3n) is 3.30. The number of benzene rings is 2. The number of nitrogens with one attached hydrogen (secondary N) is 2. The van der Waals surface area contributed by atoms with Crippen LogP contribution in [0.3, 0.4) is 0 Å². The van der Waals surface area contributed by atoms with Crippen LogP contribution in [0.4, 0.5) is 17.5 Å². The lowest BCUT2D eigenvalue weighted by Crippen LogP contribution is -2.06. The van der Waals surface area contributed by atoms with E-state index in [4.69, 9.17) is 16.3 Å². The van der Waals surface area contributed by atoms with Gasteiger partial charge >= 0.3 is 0 Å². The molecule has 3 aromatic rings. The van der Waals surface area contributed by atoms with Gasteiger partial charge in [-0.2, -0.15) is 10.1 Å². The first-order valence-corrected chi connectivity index (χ1v) is 7.70. The molecular formula is C17H16ClN5O. The van der Waals surface area contributed by atoms with E-state index in [1.54, 1.807) is 13.3 Å². The predicted octanol–water partition coefficient (Wildman–Crippen LogP) is 3.89. The summed E-state index contributed by atoms with van der Waals surface area (Å²) in [5, 5.41) is 14.9. The molecule has 0 saturated carbocycles. The van der Waals surface area contributed by atoms with Gasteiger partial charge in [-0.1, -0.05) is 35.9 Å². The number of rotatable bonds is 6. The van der Waals surface area contributed by atoms with E-state index in [9.17, 15) is 0 Å². The van der Waals surface area contributed by atoms with Crippen molar-refractivity contribution in [1.82, 2.24) is 15.2 Å². The molecule has 2 aromatic carbocycles. The molecule has 0 atom stereocenters. The van der Waals surface area contributed by atoms with E-state index in [-0.39, 0.29) is 0 Å². The number of hydrogen-bond acceptors (Lipinski definition) is 6. The second-order valence-corrected chi connectivity index (χ2v) is 5.37. The second-order valence-electron chi connectivity index (χ2n) is 4.97. The summed E-state index contributed by atoms with van der Waals surface area (Å²) in [6.45, 7) is 0.518. The Bertz CT molecular complexity index is 827. The Hall–Kier alpha value is -2.86. The van der Waals surface area contributed by atoms with E-state index in [1.807, 2.05) is 48.5 Å². The topological polar surface area (TPSA) is 72.0 Å². The Kier molecular flexibility index (Phi) is 5.08. The molecule has 2 N–H and O–H groups in total. The van der Waals surface area contributed by atoms with Crippen LogP contribution in [0.2, 0.25) is 5.02 Å². The summed E-state index contributed by atoms with van der Waals surface area (Å²) < 4.78 is 5.20. The summed E-state index contributed by atoms with van der Waals surface area (Å²) in [4.78, 5) is 4.39. The van der Waals surface area contributed by atoms with Gasteiger partial charge in [0.25, 0.3) is 0 Å². The fourth-order valence-electron chi connectivity index (χ4n) is 2.10. The molecule has 1 aromatic heterocycles. The van der Waals surface area contributed by atoms with E-state index >= 15 is 0 Å². The van der Waals surface area contributed by atoms with Crippen LogP contribution in [0.15, 0.2) is 54.7 Å². The molecule has 0 radical (unpaired) electrons. The molecule has 24 heavy (non-hydrogen) atoms. The molecule has 0 fully saturated rings. The Balaban J connectivity index is 1.68. The van der Waals surface area contributed by atoms with Crippen LogP contribution in [0.25, 0.3) is 0 Å². The Morgan fingerprint density at radius 2 is 2.00 bits per heavy atom. The number of nitrogens with zero attached hydrogens (tertiary/aromatic N) is 3. The van der Waals surface area contributed by atoms with Crippen molar-refractivity contribution < 1.29 is 4.74 Å². The molecule has 0 aliphatic carbocycles. The Labute approximate surface area is 144 Å². The maximum Gasteiger partial charge on any atom is 0.244 e. The van der Waals surface area contributed by atoms with Crippen LogP contribution in [0.1, 0.15) is 5.56 Å². The van der Waals surface area contributed by atoms with Gasteiger partial charge in [-0.05, 0) is 23.8 Å². The van der Waals surface area contributed by atoms with Gasteiger partial charge in [0, 0.05) is 23.3 Å². The monoisotopic (exact) mass is 341 g/mol. The van der Waals surface area contributed by atoms with Crippen molar-refractivity contribution in [3.05, 3.63) is 65.3 Å². The highest BCUT2D eigenvalue weighted by atomic mass is 35.5. The first-order valence-electron chi connectivity index (χ1n) is 7.32. The van der Waals surface area contributed by atoms with Crippen LogP contribution < -0.4 is 15.4 Å². The van der Waals surface area contributed by atoms with Crippen LogP contribution >= 0.6 is 11.6 Å². The summed E-state index contributed by atoms with van der Waals surface area (Å²) >= 11 is 6.14. The SMILES string of the molecule is COc1cccc(Nc2cnnc(NCc3ccccc3Cl)n2)c1. The maximum absolute atomic E-state index is 6.14. The molecule has 0 amide bonds. The lowest BCUT2D eigenvalue weighted by Gasteiger charge is -2.09. The van der Waals surface area contributed by atoms with E-state index in [2.05, 4.69) is 25.8 Å². The molecular weight excluding hydrogens is 326 g/mol. The second kappa shape index (κ2) is 7.61. The van der Waals surface area contributed by atoms with Crippen LogP contribution in [-0.4, -0.2) is 22.3 Å². The highest BCUT2D eigenvalue weighted by Gasteiger charge is 2.04. The summed E-state index contributed by atoms with van der Waals surface area (Å²) in [6.07, 6.45) is 1.56. The van der Waals surface area contributed by atoms with Crippen molar-refractivity contribution in [2.75, 3.05) is 17.7 Å². The van der Waals surface area contributed by atoms with Crippen molar-refractivity contribution in [2.45, 2.75) is 6.54 Å². The Morgan fingerprint density at radius 3 is 2.83 bits per heavy atom. The molecule has 0 unspecified atom stereocenters. The average molecular weight is 342 g/mol. The molecule has 122 valence electrons. The van der Waals surface area contributed by atoms with E-state index in [1.165, 1.54) is 0 Å². The number of halogens is 1. The number of anilines is 3. The van der Waals surface area contributed by atoms with Crippen molar-refractivity contribution >= 4 is 29.1 Å². The molecule has 3 rings (SSSR count).